The van der Waals surface area contributed by atoms with E-state index in [4.69, 9.17) is 9.84 Å². The molecule has 1 heterocycles. The van der Waals surface area contributed by atoms with Gasteiger partial charge in [-0.2, -0.15) is 5.26 Å². The molecule has 0 saturated heterocycles. The van der Waals surface area contributed by atoms with Crippen molar-refractivity contribution in [3.63, 3.8) is 0 Å². The molecule has 3 aromatic rings. The zero-order valence-electron chi connectivity index (χ0n) is 20.6. The molecular formula is C29H31N3O4. The molecule has 0 saturated carbocycles. The predicted octanol–water partition coefficient (Wildman–Crippen LogP) is 4.23. The van der Waals surface area contributed by atoms with E-state index in [2.05, 4.69) is 48.4 Å². The van der Waals surface area contributed by atoms with Crippen LogP contribution in [0.3, 0.4) is 0 Å². The van der Waals surface area contributed by atoms with Gasteiger partial charge in [-0.25, -0.2) is 9.78 Å². The van der Waals surface area contributed by atoms with E-state index in [1.54, 1.807) is 18.2 Å². The summed E-state index contributed by atoms with van der Waals surface area (Å²) >= 11 is 0. The van der Waals surface area contributed by atoms with Crippen LogP contribution in [0.15, 0.2) is 60.8 Å². The quantitative estimate of drug-likeness (QED) is 0.394. The van der Waals surface area contributed by atoms with Gasteiger partial charge >= 0.3 is 5.97 Å². The number of carboxylic acids is 1. The summed E-state index contributed by atoms with van der Waals surface area (Å²) in [4.78, 5) is 15.3. The van der Waals surface area contributed by atoms with Crippen LogP contribution in [0.25, 0.3) is 11.1 Å². The number of hydrogen-bond donors (Lipinski definition) is 3. The van der Waals surface area contributed by atoms with Crippen molar-refractivity contribution in [2.75, 3.05) is 13.2 Å². The van der Waals surface area contributed by atoms with E-state index in [0.717, 1.165) is 19.3 Å². The van der Waals surface area contributed by atoms with Crippen molar-refractivity contribution in [1.29, 1.82) is 5.26 Å². The third-order valence-corrected chi connectivity index (χ3v) is 6.62. The number of β-amino-alcohol motifs (C(OH)–C–C–N with tert-alkyl or cyclic N) is 1. The number of rotatable bonds is 10. The molecule has 1 aromatic heterocycles. The Hall–Kier alpha value is -3.73. The van der Waals surface area contributed by atoms with E-state index in [-0.39, 0.29) is 29.2 Å². The number of nitriles is 1. The first-order valence-electron chi connectivity index (χ1n) is 12.1. The lowest BCUT2D eigenvalue weighted by Gasteiger charge is -2.30. The molecule has 36 heavy (non-hydrogen) atoms. The molecule has 0 bridgehead atoms. The third kappa shape index (κ3) is 6.09. The molecule has 0 fully saturated rings. The first-order valence-corrected chi connectivity index (χ1v) is 12.1. The SMILES string of the molecule is CC(C)(CC1Cc2ccccc2C1)NC[C@@H](O)COc1c(-c2ccc(C(=O)O)cc2)ccnc1C#N. The van der Waals surface area contributed by atoms with Crippen LogP contribution in [0.1, 0.15) is 47.4 Å². The largest absolute Gasteiger partial charge is 0.487 e. The fourth-order valence-corrected chi connectivity index (χ4v) is 4.91. The standard InChI is InChI=1S/C29H31N3O4/c1-29(2,15-19-13-22-5-3-4-6-23(22)14-19)32-17-24(33)18-36-27-25(11-12-31-26(27)16-30)20-7-9-21(10-8-20)28(34)35/h3-12,19,24,32-33H,13-15,17-18H2,1-2H3,(H,34,35)/t24-/m1/s1. The third-order valence-electron chi connectivity index (χ3n) is 6.62. The van der Waals surface area contributed by atoms with Gasteiger partial charge in [-0.1, -0.05) is 36.4 Å². The second-order valence-electron chi connectivity index (χ2n) is 10.0. The highest BCUT2D eigenvalue weighted by Crippen LogP contribution is 2.33. The normalized spacial score (nSPS) is 14.2. The topological polar surface area (TPSA) is 115 Å². The van der Waals surface area contributed by atoms with Crippen molar-refractivity contribution in [2.24, 2.45) is 5.92 Å². The average Bonchev–Trinajstić information content (AvgIpc) is 3.27. The van der Waals surface area contributed by atoms with Gasteiger partial charge < -0.3 is 20.3 Å². The number of hydrogen-bond acceptors (Lipinski definition) is 6. The Kier molecular flexibility index (Phi) is 7.68. The predicted molar refractivity (Wildman–Crippen MR) is 137 cm³/mol. The number of carboxylic acid groups (broad SMARTS) is 1. The second kappa shape index (κ2) is 10.9. The lowest BCUT2D eigenvalue weighted by molar-refractivity contribution is 0.0697. The number of benzene rings is 2. The number of aliphatic hydroxyl groups excluding tert-OH is 1. The van der Waals surface area contributed by atoms with Crippen LogP contribution in [0.4, 0.5) is 0 Å². The maximum atomic E-state index is 11.2. The molecule has 1 aliphatic rings. The molecule has 0 aliphatic heterocycles. The molecule has 0 radical (unpaired) electrons. The van der Waals surface area contributed by atoms with E-state index in [0.29, 0.717) is 23.6 Å². The number of aliphatic hydroxyl groups is 1. The first kappa shape index (κ1) is 25.4. The molecule has 2 aromatic carbocycles. The van der Waals surface area contributed by atoms with Gasteiger partial charge in [0.1, 0.15) is 18.8 Å². The van der Waals surface area contributed by atoms with Crippen LogP contribution in [-0.2, 0) is 12.8 Å². The molecule has 3 N–H and O–H groups in total. The van der Waals surface area contributed by atoms with Gasteiger partial charge in [0, 0.05) is 23.8 Å². The van der Waals surface area contributed by atoms with E-state index in [1.165, 1.54) is 29.5 Å². The van der Waals surface area contributed by atoms with Crippen molar-refractivity contribution in [2.45, 2.75) is 44.8 Å². The van der Waals surface area contributed by atoms with E-state index >= 15 is 0 Å². The van der Waals surface area contributed by atoms with Gasteiger partial charge in [0.15, 0.2) is 11.4 Å². The van der Waals surface area contributed by atoms with Gasteiger partial charge in [-0.05, 0) is 73.9 Å². The first-order chi connectivity index (χ1) is 17.3. The van der Waals surface area contributed by atoms with Crippen LogP contribution >= 0.6 is 0 Å². The number of nitrogens with zero attached hydrogens (tertiary/aromatic N) is 2. The highest BCUT2D eigenvalue weighted by molar-refractivity contribution is 5.88. The highest BCUT2D eigenvalue weighted by atomic mass is 16.5. The summed E-state index contributed by atoms with van der Waals surface area (Å²) in [5, 5.41) is 32.8. The Morgan fingerprint density at radius 2 is 1.83 bits per heavy atom. The Labute approximate surface area is 211 Å². The fourth-order valence-electron chi connectivity index (χ4n) is 4.91. The summed E-state index contributed by atoms with van der Waals surface area (Å²) in [6, 6.07) is 18.7. The average molecular weight is 486 g/mol. The summed E-state index contributed by atoms with van der Waals surface area (Å²) < 4.78 is 5.90. The molecule has 0 unspecified atom stereocenters. The number of pyridine rings is 1. The number of aromatic carboxylic acids is 1. The molecule has 7 nitrogen and oxygen atoms in total. The smallest absolute Gasteiger partial charge is 0.335 e. The van der Waals surface area contributed by atoms with Crippen LogP contribution in [-0.4, -0.2) is 46.0 Å². The van der Waals surface area contributed by atoms with Crippen LogP contribution in [0.2, 0.25) is 0 Å². The minimum absolute atomic E-state index is 0.0153. The summed E-state index contributed by atoms with van der Waals surface area (Å²) in [5.74, 6) is -0.173. The number of fused-ring (bicyclic) bond motifs is 1. The number of aromatic nitrogens is 1. The Balaban J connectivity index is 1.35. The summed E-state index contributed by atoms with van der Waals surface area (Å²) in [7, 11) is 0. The van der Waals surface area contributed by atoms with Crippen LogP contribution in [0, 0.1) is 17.2 Å². The number of carbonyl (C=O) groups is 1. The Morgan fingerprint density at radius 3 is 2.44 bits per heavy atom. The maximum absolute atomic E-state index is 11.2. The van der Waals surface area contributed by atoms with Crippen molar-refractivity contribution >= 4 is 5.97 Å². The van der Waals surface area contributed by atoms with Gasteiger partial charge in [-0.15, -0.1) is 0 Å². The van der Waals surface area contributed by atoms with E-state index < -0.39 is 12.1 Å². The van der Waals surface area contributed by atoms with E-state index in [1.807, 2.05) is 6.07 Å². The van der Waals surface area contributed by atoms with Gasteiger partial charge in [-0.3, -0.25) is 0 Å². The number of nitrogens with one attached hydrogen (secondary N) is 1. The molecule has 0 amide bonds. The molecule has 4 rings (SSSR count). The van der Waals surface area contributed by atoms with Crippen LogP contribution in [0.5, 0.6) is 5.75 Å². The van der Waals surface area contributed by atoms with Gasteiger partial charge in [0.2, 0.25) is 0 Å². The fraction of sp³-hybridized carbons (Fsp3) is 0.345. The lowest BCUT2D eigenvalue weighted by Crippen LogP contribution is -2.46. The van der Waals surface area contributed by atoms with Crippen molar-refractivity contribution < 1.29 is 19.7 Å². The summed E-state index contributed by atoms with van der Waals surface area (Å²) in [6.07, 6.45) is 3.88. The molecule has 7 heteroatoms. The monoisotopic (exact) mass is 485 g/mol. The molecular weight excluding hydrogens is 454 g/mol. The molecule has 1 aliphatic carbocycles. The Morgan fingerprint density at radius 1 is 1.17 bits per heavy atom. The maximum Gasteiger partial charge on any atom is 0.335 e. The molecule has 1 atom stereocenters. The van der Waals surface area contributed by atoms with Crippen LogP contribution < -0.4 is 10.1 Å². The van der Waals surface area contributed by atoms with Crippen molar-refractivity contribution in [3.05, 3.63) is 83.2 Å². The highest BCUT2D eigenvalue weighted by Gasteiger charge is 2.28. The zero-order chi connectivity index (χ0) is 25.7. The second-order valence-corrected chi connectivity index (χ2v) is 10.0. The number of ether oxygens (including phenoxy) is 1. The minimum atomic E-state index is -1.01. The molecule has 0 spiro atoms. The Bertz CT molecular complexity index is 1240. The minimum Gasteiger partial charge on any atom is -0.487 e. The van der Waals surface area contributed by atoms with Gasteiger partial charge in [0.25, 0.3) is 0 Å². The summed E-state index contributed by atoms with van der Waals surface area (Å²) in [5.41, 5.74) is 4.30. The van der Waals surface area contributed by atoms with Crippen molar-refractivity contribution in [1.82, 2.24) is 10.3 Å². The lowest BCUT2D eigenvalue weighted by atomic mass is 9.88. The van der Waals surface area contributed by atoms with Gasteiger partial charge in [0.05, 0.1) is 5.56 Å². The van der Waals surface area contributed by atoms with E-state index in [9.17, 15) is 15.2 Å². The molecule has 186 valence electrons. The zero-order valence-corrected chi connectivity index (χ0v) is 20.6. The van der Waals surface area contributed by atoms with Crippen molar-refractivity contribution in [3.8, 4) is 22.9 Å². The summed E-state index contributed by atoms with van der Waals surface area (Å²) in [6.45, 7) is 4.63.